The number of rotatable bonds is 5. The number of aromatic nitrogens is 2. The second-order valence-electron chi connectivity index (χ2n) is 8.34. The monoisotopic (exact) mass is 455 g/mol. The molecular weight excluding hydrogens is 429 g/mol. The molecule has 0 aliphatic carbocycles. The van der Waals surface area contributed by atoms with E-state index in [1.807, 2.05) is 14.1 Å². The molecule has 33 heavy (non-hydrogen) atoms. The van der Waals surface area contributed by atoms with Gasteiger partial charge in [0.15, 0.2) is 0 Å². The lowest BCUT2D eigenvalue weighted by Gasteiger charge is -2.37. The van der Waals surface area contributed by atoms with Gasteiger partial charge in [-0.25, -0.2) is 14.4 Å². The number of hydrogen-bond donors (Lipinski definition) is 0. The number of anilines is 1. The van der Waals surface area contributed by atoms with Crippen LogP contribution in [-0.4, -0.2) is 77.9 Å². The minimum atomic E-state index is -0.517. The minimum absolute atomic E-state index is 0.213. The van der Waals surface area contributed by atoms with Crippen LogP contribution in [0, 0.1) is 5.82 Å². The maximum Gasteiger partial charge on any atom is 0.255 e. The molecule has 2 fully saturated rings. The van der Waals surface area contributed by atoms with Crippen molar-refractivity contribution in [2.75, 3.05) is 45.3 Å². The molecule has 0 saturated carbocycles. The highest BCUT2D eigenvalue weighted by Gasteiger charge is 2.35. The molecular formula is C23H26FN5O4. The van der Waals surface area contributed by atoms with Gasteiger partial charge in [-0.15, -0.1) is 0 Å². The molecule has 9 nitrogen and oxygen atoms in total. The number of halogens is 1. The van der Waals surface area contributed by atoms with Crippen molar-refractivity contribution in [2.24, 2.45) is 0 Å². The van der Waals surface area contributed by atoms with Crippen LogP contribution in [0.5, 0.6) is 0 Å². The summed E-state index contributed by atoms with van der Waals surface area (Å²) >= 11 is 0. The summed E-state index contributed by atoms with van der Waals surface area (Å²) in [7, 11) is 3.66. The Hall–Kier alpha value is -3.40. The highest BCUT2D eigenvalue weighted by molar-refractivity contribution is 6.01. The number of imide groups is 1. The number of carbonyl (C=O) groups excluding carboxylic acids is 3. The van der Waals surface area contributed by atoms with Crippen LogP contribution < -0.4 is 4.90 Å². The number of morpholine rings is 1. The van der Waals surface area contributed by atoms with E-state index in [0.29, 0.717) is 30.2 Å². The molecule has 0 spiro atoms. The normalized spacial score (nSPS) is 19.1. The first-order valence-electron chi connectivity index (χ1n) is 10.9. The van der Waals surface area contributed by atoms with Crippen molar-refractivity contribution in [3.05, 3.63) is 42.0 Å². The molecule has 0 N–H and O–H groups in total. The Morgan fingerprint density at radius 3 is 2.52 bits per heavy atom. The van der Waals surface area contributed by atoms with Crippen molar-refractivity contribution >= 4 is 23.7 Å². The maximum atomic E-state index is 13.5. The molecule has 1 atom stereocenters. The van der Waals surface area contributed by atoms with Gasteiger partial charge in [-0.3, -0.25) is 19.3 Å². The van der Waals surface area contributed by atoms with E-state index in [1.165, 1.54) is 12.1 Å². The number of carbonyl (C=O) groups is 3. The molecule has 2 aliphatic heterocycles. The summed E-state index contributed by atoms with van der Waals surface area (Å²) < 4.78 is 18.5. The lowest BCUT2D eigenvalue weighted by Crippen LogP contribution is -2.52. The first kappa shape index (κ1) is 22.8. The first-order chi connectivity index (χ1) is 15.8. The van der Waals surface area contributed by atoms with E-state index in [4.69, 9.17) is 9.72 Å². The molecule has 2 aromatic rings. The third-order valence-corrected chi connectivity index (χ3v) is 5.85. The van der Waals surface area contributed by atoms with Crippen LogP contribution in [0.4, 0.5) is 10.3 Å². The van der Waals surface area contributed by atoms with E-state index >= 15 is 0 Å². The summed E-state index contributed by atoms with van der Waals surface area (Å²) in [6.07, 6.45) is 4.07. The topological polar surface area (TPSA) is 95.9 Å². The van der Waals surface area contributed by atoms with Crippen LogP contribution in [0.3, 0.4) is 0 Å². The minimum Gasteiger partial charge on any atom is -0.362 e. The van der Waals surface area contributed by atoms with E-state index in [0.717, 1.165) is 23.3 Å². The lowest BCUT2D eigenvalue weighted by molar-refractivity contribution is -0.162. The zero-order chi connectivity index (χ0) is 23.5. The molecule has 10 heteroatoms. The smallest absolute Gasteiger partial charge is 0.255 e. The van der Waals surface area contributed by atoms with Gasteiger partial charge in [-0.1, -0.05) is 12.1 Å². The van der Waals surface area contributed by atoms with Crippen LogP contribution in [0.15, 0.2) is 30.5 Å². The average Bonchev–Trinajstić information content (AvgIpc) is 2.81. The molecule has 3 heterocycles. The molecule has 2 saturated heterocycles. The Morgan fingerprint density at radius 1 is 1.15 bits per heavy atom. The maximum absolute atomic E-state index is 13.5. The largest absolute Gasteiger partial charge is 0.362 e. The van der Waals surface area contributed by atoms with Gasteiger partial charge in [0, 0.05) is 32.4 Å². The van der Waals surface area contributed by atoms with E-state index in [9.17, 15) is 18.8 Å². The molecule has 0 radical (unpaired) electrons. The van der Waals surface area contributed by atoms with Gasteiger partial charge < -0.3 is 14.5 Å². The second-order valence-corrected chi connectivity index (χ2v) is 8.34. The fourth-order valence-electron chi connectivity index (χ4n) is 4.14. The van der Waals surface area contributed by atoms with Crippen LogP contribution in [-0.2, 0) is 19.1 Å². The van der Waals surface area contributed by atoms with Crippen molar-refractivity contribution < 1.29 is 23.5 Å². The Bertz CT molecular complexity index is 1040. The van der Waals surface area contributed by atoms with E-state index in [2.05, 4.69) is 4.98 Å². The molecule has 1 aromatic heterocycles. The van der Waals surface area contributed by atoms with Crippen molar-refractivity contribution in [1.29, 1.82) is 0 Å². The Morgan fingerprint density at radius 2 is 1.85 bits per heavy atom. The van der Waals surface area contributed by atoms with E-state index < -0.39 is 11.8 Å². The number of amides is 3. The number of benzene rings is 1. The van der Waals surface area contributed by atoms with Gasteiger partial charge in [-0.2, -0.15) is 0 Å². The third kappa shape index (κ3) is 4.85. The zero-order valence-corrected chi connectivity index (χ0v) is 18.7. The summed E-state index contributed by atoms with van der Waals surface area (Å²) in [5.41, 5.74) is 2.12. The Balaban J connectivity index is 1.69. The highest BCUT2D eigenvalue weighted by atomic mass is 19.1. The number of nitrogens with zero attached hydrogens (tertiary/aromatic N) is 5. The molecule has 3 amide bonds. The summed E-state index contributed by atoms with van der Waals surface area (Å²) in [5.74, 6) is -1.21. The number of hydrogen-bond acceptors (Lipinski definition) is 7. The second kappa shape index (κ2) is 9.62. The lowest BCUT2D eigenvalue weighted by atomic mass is 9.93. The van der Waals surface area contributed by atoms with Crippen molar-refractivity contribution in [3.8, 4) is 11.1 Å². The first-order valence-corrected chi connectivity index (χ1v) is 10.9. The van der Waals surface area contributed by atoms with Gasteiger partial charge in [-0.05, 0) is 37.0 Å². The number of ether oxygens (including phenoxy) is 1. The fraction of sp³-hybridized carbons (Fsp3) is 0.435. The van der Waals surface area contributed by atoms with Gasteiger partial charge in [0.1, 0.15) is 25.6 Å². The molecule has 2 aliphatic rings. The summed E-state index contributed by atoms with van der Waals surface area (Å²) in [6.45, 7) is -0.264. The van der Waals surface area contributed by atoms with E-state index in [1.54, 1.807) is 28.1 Å². The van der Waals surface area contributed by atoms with Crippen LogP contribution in [0.25, 0.3) is 11.1 Å². The molecule has 4 rings (SSSR count). The summed E-state index contributed by atoms with van der Waals surface area (Å²) in [4.78, 5) is 51.1. The molecule has 174 valence electrons. The molecule has 1 unspecified atom stereocenters. The van der Waals surface area contributed by atoms with Crippen LogP contribution >= 0.6 is 0 Å². The summed E-state index contributed by atoms with van der Waals surface area (Å²) in [6, 6.07) is 5.70. The molecule has 0 bridgehead atoms. The van der Waals surface area contributed by atoms with Crippen LogP contribution in [0.2, 0.25) is 0 Å². The van der Waals surface area contributed by atoms with Gasteiger partial charge in [0.2, 0.25) is 11.9 Å². The van der Waals surface area contributed by atoms with Gasteiger partial charge in [0.05, 0.1) is 11.7 Å². The van der Waals surface area contributed by atoms with E-state index in [-0.39, 0.29) is 37.5 Å². The Kier molecular flexibility index (Phi) is 6.64. The standard InChI is InChI=1S/C23H26FN5O4/c1-27(2)23-25-11-17(15-6-8-16(24)9-7-15)22(26-23)18-5-3-4-10-28(18)19(30)12-29-20(31)13-33-14-21(29)32/h6-9,11,18H,3-5,10,12-14H2,1-2H3. The highest BCUT2D eigenvalue weighted by Crippen LogP contribution is 2.36. The third-order valence-electron chi connectivity index (χ3n) is 5.85. The quantitative estimate of drug-likeness (QED) is 0.634. The average molecular weight is 455 g/mol. The van der Waals surface area contributed by atoms with Crippen molar-refractivity contribution in [2.45, 2.75) is 25.3 Å². The van der Waals surface area contributed by atoms with Gasteiger partial charge in [0.25, 0.3) is 11.8 Å². The molecule has 1 aromatic carbocycles. The van der Waals surface area contributed by atoms with Gasteiger partial charge >= 0.3 is 0 Å². The fourth-order valence-corrected chi connectivity index (χ4v) is 4.14. The zero-order valence-electron chi connectivity index (χ0n) is 18.7. The van der Waals surface area contributed by atoms with Crippen molar-refractivity contribution in [3.63, 3.8) is 0 Å². The SMILES string of the molecule is CN(C)c1ncc(-c2ccc(F)cc2)c(C2CCCCN2C(=O)CN2C(=O)COCC2=O)n1. The van der Waals surface area contributed by atoms with Crippen LogP contribution in [0.1, 0.15) is 31.0 Å². The predicted octanol–water partition coefficient (Wildman–Crippen LogP) is 1.79. The number of piperidine rings is 1. The number of likely N-dealkylation sites (tertiary alicyclic amines) is 1. The van der Waals surface area contributed by atoms with Crippen molar-refractivity contribution in [1.82, 2.24) is 19.8 Å². The Labute approximate surface area is 191 Å². The predicted molar refractivity (Wildman–Crippen MR) is 118 cm³/mol. The summed E-state index contributed by atoms with van der Waals surface area (Å²) in [5, 5.41) is 0.